The quantitative estimate of drug-likeness (QED) is 0.525. The molecule has 1 aromatic carbocycles. The molecule has 3 N–H and O–H groups in total. The Morgan fingerprint density at radius 3 is 2.50 bits per heavy atom. The number of nitrogens with zero attached hydrogens (tertiary/aromatic N) is 1. The summed E-state index contributed by atoms with van der Waals surface area (Å²) in [4.78, 5) is 38.3. The fourth-order valence-electron chi connectivity index (χ4n) is 2.76. The predicted octanol–water partition coefficient (Wildman–Crippen LogP) is 1.15. The molecule has 0 aromatic heterocycles. The Balaban J connectivity index is 2.66. The number of Topliss-reactive ketones (excluding diaryl/α,β-unsaturated/α-hetero) is 1. The fraction of sp³-hybridized carbons (Fsp3) is 0.571. The van der Waals surface area contributed by atoms with Gasteiger partial charge < -0.3 is 20.7 Å². The van der Waals surface area contributed by atoms with Gasteiger partial charge in [0.1, 0.15) is 5.78 Å². The zero-order chi connectivity index (χ0) is 20.9. The smallest absolute Gasteiger partial charge is 0.236 e. The molecule has 0 unspecified atom stereocenters. The minimum Gasteiger partial charge on any atom is -0.383 e. The topological polar surface area (TPSA) is 102 Å². The maximum Gasteiger partial charge on any atom is 0.236 e. The van der Waals surface area contributed by atoms with E-state index in [1.54, 1.807) is 26.0 Å². The highest BCUT2D eigenvalue weighted by atomic mass is 16.5. The van der Waals surface area contributed by atoms with Crippen LogP contribution in [0.1, 0.15) is 31.7 Å². The standard InChI is InChI=1S/C21H33N3O4/c1-16(22)21(27)23-12-11-19(25)18(10-9-17-7-5-4-6-8-17)15-20(26)24(2)13-14-28-3/h4-8,16,18H,9-15,22H2,1-3H3,(H,23,27)/t16-,18-/m1/s1. The molecule has 156 valence electrons. The van der Waals surface area contributed by atoms with Crippen molar-refractivity contribution in [3.63, 3.8) is 0 Å². The second kappa shape index (κ2) is 13.0. The van der Waals surface area contributed by atoms with Crippen molar-refractivity contribution in [3.05, 3.63) is 35.9 Å². The zero-order valence-corrected chi connectivity index (χ0v) is 17.1. The lowest BCUT2D eigenvalue weighted by atomic mass is 9.90. The molecule has 0 aliphatic heterocycles. The Bertz CT molecular complexity index is 619. The summed E-state index contributed by atoms with van der Waals surface area (Å²) < 4.78 is 5.00. The monoisotopic (exact) mass is 391 g/mol. The molecule has 0 spiro atoms. The molecule has 0 aliphatic carbocycles. The summed E-state index contributed by atoms with van der Waals surface area (Å²) in [7, 11) is 3.30. The molecule has 2 amide bonds. The Labute approximate surface area is 167 Å². The summed E-state index contributed by atoms with van der Waals surface area (Å²) >= 11 is 0. The third-order valence-corrected chi connectivity index (χ3v) is 4.64. The maximum absolute atomic E-state index is 12.7. The van der Waals surface area contributed by atoms with Crippen LogP contribution in [0.4, 0.5) is 0 Å². The molecular weight excluding hydrogens is 358 g/mol. The molecule has 0 saturated carbocycles. The SMILES string of the molecule is COCCN(C)C(=O)C[C@@H](CCc1ccccc1)C(=O)CCNC(=O)[C@@H](C)N. The first-order valence-electron chi connectivity index (χ1n) is 9.68. The van der Waals surface area contributed by atoms with Crippen molar-refractivity contribution in [2.24, 2.45) is 11.7 Å². The van der Waals surface area contributed by atoms with Gasteiger partial charge in [0.05, 0.1) is 12.6 Å². The number of hydrogen-bond donors (Lipinski definition) is 2. The van der Waals surface area contributed by atoms with Gasteiger partial charge in [0.25, 0.3) is 0 Å². The molecule has 1 aromatic rings. The van der Waals surface area contributed by atoms with Crippen molar-refractivity contribution in [2.75, 3.05) is 33.9 Å². The van der Waals surface area contributed by atoms with Gasteiger partial charge in [-0.15, -0.1) is 0 Å². The summed E-state index contributed by atoms with van der Waals surface area (Å²) in [5, 5.41) is 2.65. The summed E-state index contributed by atoms with van der Waals surface area (Å²) in [5.74, 6) is -0.772. The van der Waals surface area contributed by atoms with Gasteiger partial charge in [0.2, 0.25) is 11.8 Å². The van der Waals surface area contributed by atoms with E-state index < -0.39 is 6.04 Å². The number of amides is 2. The highest BCUT2D eigenvalue weighted by Gasteiger charge is 2.23. The predicted molar refractivity (Wildman–Crippen MR) is 109 cm³/mol. The summed E-state index contributed by atoms with van der Waals surface area (Å²) in [6.45, 7) is 2.76. The number of likely N-dealkylation sites (N-methyl/N-ethyl adjacent to an activating group) is 1. The number of nitrogens with one attached hydrogen (secondary N) is 1. The Morgan fingerprint density at radius 1 is 1.21 bits per heavy atom. The minimum absolute atomic E-state index is 0.0191. The normalized spacial score (nSPS) is 12.9. The molecule has 28 heavy (non-hydrogen) atoms. The number of methoxy groups -OCH3 is 1. The second-order valence-electron chi connectivity index (χ2n) is 7.03. The van der Waals surface area contributed by atoms with Crippen LogP contribution < -0.4 is 11.1 Å². The average Bonchev–Trinajstić information content (AvgIpc) is 2.69. The van der Waals surface area contributed by atoms with Crippen LogP contribution in [-0.4, -0.2) is 62.4 Å². The maximum atomic E-state index is 12.7. The van der Waals surface area contributed by atoms with Crippen LogP contribution in [0.15, 0.2) is 30.3 Å². The number of nitrogens with two attached hydrogens (primary N) is 1. The zero-order valence-electron chi connectivity index (χ0n) is 17.1. The van der Waals surface area contributed by atoms with E-state index in [9.17, 15) is 14.4 Å². The summed E-state index contributed by atoms with van der Waals surface area (Å²) in [5.41, 5.74) is 6.64. The largest absolute Gasteiger partial charge is 0.383 e. The molecule has 7 nitrogen and oxygen atoms in total. The fourth-order valence-corrected chi connectivity index (χ4v) is 2.76. The van der Waals surface area contributed by atoms with Crippen LogP contribution in [-0.2, 0) is 25.5 Å². The van der Waals surface area contributed by atoms with Gasteiger partial charge in [0.15, 0.2) is 0 Å². The molecule has 2 atom stereocenters. The number of ether oxygens (including phenoxy) is 1. The summed E-state index contributed by atoms with van der Waals surface area (Å²) in [6, 6.07) is 9.27. The van der Waals surface area contributed by atoms with E-state index in [1.807, 2.05) is 30.3 Å². The van der Waals surface area contributed by atoms with Crippen molar-refractivity contribution in [3.8, 4) is 0 Å². The Morgan fingerprint density at radius 2 is 1.89 bits per heavy atom. The first-order valence-corrected chi connectivity index (χ1v) is 9.68. The van der Waals surface area contributed by atoms with Gasteiger partial charge in [-0.25, -0.2) is 0 Å². The number of carbonyl (C=O) groups is 3. The van der Waals surface area contributed by atoms with Gasteiger partial charge in [-0.1, -0.05) is 30.3 Å². The van der Waals surface area contributed by atoms with Crippen LogP contribution in [0.2, 0.25) is 0 Å². The molecule has 0 heterocycles. The van der Waals surface area contributed by atoms with E-state index in [1.165, 1.54) is 0 Å². The van der Waals surface area contributed by atoms with Gasteiger partial charge >= 0.3 is 0 Å². The van der Waals surface area contributed by atoms with E-state index in [0.717, 1.165) is 12.0 Å². The highest BCUT2D eigenvalue weighted by molar-refractivity contribution is 5.88. The minimum atomic E-state index is -0.611. The van der Waals surface area contributed by atoms with E-state index >= 15 is 0 Å². The van der Waals surface area contributed by atoms with E-state index in [-0.39, 0.29) is 42.9 Å². The van der Waals surface area contributed by atoms with Crippen LogP contribution >= 0.6 is 0 Å². The van der Waals surface area contributed by atoms with Crippen molar-refractivity contribution >= 4 is 17.6 Å². The van der Waals surface area contributed by atoms with Crippen molar-refractivity contribution in [1.29, 1.82) is 0 Å². The van der Waals surface area contributed by atoms with Crippen molar-refractivity contribution in [1.82, 2.24) is 10.2 Å². The Kier molecular flexibility index (Phi) is 11.1. The van der Waals surface area contributed by atoms with Crippen molar-refractivity contribution in [2.45, 2.75) is 38.6 Å². The Hall–Kier alpha value is -2.25. The van der Waals surface area contributed by atoms with Crippen LogP contribution in [0, 0.1) is 5.92 Å². The number of hydrogen-bond acceptors (Lipinski definition) is 5. The average molecular weight is 392 g/mol. The lowest BCUT2D eigenvalue weighted by molar-refractivity contribution is -0.135. The van der Waals surface area contributed by atoms with Gasteiger partial charge in [0, 0.05) is 46.0 Å². The number of rotatable bonds is 13. The van der Waals surface area contributed by atoms with Crippen LogP contribution in [0.3, 0.4) is 0 Å². The summed E-state index contributed by atoms with van der Waals surface area (Å²) in [6.07, 6.45) is 1.66. The third kappa shape index (κ3) is 9.10. The lowest BCUT2D eigenvalue weighted by Gasteiger charge is -2.21. The van der Waals surface area contributed by atoms with E-state index in [4.69, 9.17) is 10.5 Å². The van der Waals surface area contributed by atoms with Gasteiger partial charge in [-0.05, 0) is 25.3 Å². The molecule has 1 rings (SSSR count). The first kappa shape index (κ1) is 23.8. The first-order chi connectivity index (χ1) is 13.3. The van der Waals surface area contributed by atoms with Gasteiger partial charge in [-0.3, -0.25) is 14.4 Å². The van der Waals surface area contributed by atoms with Gasteiger partial charge in [-0.2, -0.15) is 0 Å². The van der Waals surface area contributed by atoms with Crippen LogP contribution in [0.25, 0.3) is 0 Å². The van der Waals surface area contributed by atoms with Crippen LogP contribution in [0.5, 0.6) is 0 Å². The number of aryl methyl sites for hydroxylation is 1. The molecule has 7 heteroatoms. The number of ketones is 1. The second-order valence-corrected chi connectivity index (χ2v) is 7.03. The number of benzene rings is 1. The highest BCUT2D eigenvalue weighted by Crippen LogP contribution is 2.17. The van der Waals surface area contributed by atoms with Crippen molar-refractivity contribution < 1.29 is 19.1 Å². The molecule has 0 radical (unpaired) electrons. The molecule has 0 aliphatic rings. The van der Waals surface area contributed by atoms with E-state index in [0.29, 0.717) is 19.6 Å². The molecule has 0 bridgehead atoms. The van der Waals surface area contributed by atoms with E-state index in [2.05, 4.69) is 5.32 Å². The molecular formula is C21H33N3O4. The number of carbonyl (C=O) groups excluding carboxylic acids is 3. The molecule has 0 fully saturated rings. The third-order valence-electron chi connectivity index (χ3n) is 4.64. The molecule has 0 saturated heterocycles. The lowest BCUT2D eigenvalue weighted by Crippen LogP contribution is -2.39.